The highest BCUT2D eigenvalue weighted by atomic mass is 35.5. The summed E-state index contributed by atoms with van der Waals surface area (Å²) >= 11 is 5.92. The number of nitrogen functional groups attached to an aromatic ring is 2. The number of nitrogens with zero attached hydrogens (tertiary/aromatic N) is 3. The predicted octanol–water partition coefficient (Wildman–Crippen LogP) is 5.90. The summed E-state index contributed by atoms with van der Waals surface area (Å²) in [6.07, 6.45) is 1.32. The van der Waals surface area contributed by atoms with Crippen LogP contribution < -0.4 is 58.6 Å². The number of aryl methyl sites for hydroxylation is 1. The fraction of sp³-hybridized carbons (Fsp3) is 0.414. The summed E-state index contributed by atoms with van der Waals surface area (Å²) in [5, 5.41) is 33.7. The summed E-state index contributed by atoms with van der Waals surface area (Å²) in [6, 6.07) is 24.9. The summed E-state index contributed by atoms with van der Waals surface area (Å²) in [6.45, 7) is 9.39. The summed E-state index contributed by atoms with van der Waals surface area (Å²) in [5.41, 5.74) is 18.3. The highest BCUT2D eigenvalue weighted by Crippen LogP contribution is 2.24. The zero-order valence-electron chi connectivity index (χ0n) is 48.9. The van der Waals surface area contributed by atoms with Gasteiger partial charge in [0.2, 0.25) is 5.96 Å². The van der Waals surface area contributed by atoms with Crippen molar-refractivity contribution in [2.45, 2.75) is 58.5 Å². The van der Waals surface area contributed by atoms with Gasteiger partial charge in [-0.3, -0.25) is 20.9 Å². The van der Waals surface area contributed by atoms with E-state index in [1.807, 2.05) is 48.5 Å². The lowest BCUT2D eigenvalue weighted by atomic mass is 10.1. The first-order valence-corrected chi connectivity index (χ1v) is 28.3. The van der Waals surface area contributed by atoms with Crippen LogP contribution in [-0.2, 0) is 39.6 Å². The molecule has 5 aromatic rings. The number of benzene rings is 4. The zero-order valence-corrected chi connectivity index (χ0v) is 49.6. The molecule has 0 atom stereocenters. The van der Waals surface area contributed by atoms with Crippen molar-refractivity contribution in [2.75, 3.05) is 116 Å². The number of halogens is 1. The van der Waals surface area contributed by atoms with E-state index in [9.17, 15) is 24.0 Å². The number of hydrogen-bond donors (Lipinski definition) is 11. The number of rotatable bonds is 34. The van der Waals surface area contributed by atoms with E-state index in [1.54, 1.807) is 57.2 Å². The maximum atomic E-state index is 12.9. The molecule has 1 heterocycles. The minimum atomic E-state index is -0.916. The molecule has 28 nitrogen and oxygen atoms in total. The SMILES string of the molecule is CC(C)(C)OC(=O)/N=C(\NCCCCc1ccc(OCCOCCOC(=O)NCCCCNC(=O)OCCOCCOCCOCCNC(=N)c2ccc3cc(OC(=O)c4ccc(NC(=N)N)cc4)ccc3c2)cc1)NC(=O)c1nc(Cl)c(N)nc1N. The number of nitrogens with one attached hydrogen (secondary N) is 8. The lowest BCUT2D eigenvalue weighted by Crippen LogP contribution is -2.43. The Balaban J connectivity index is 0.773. The summed E-state index contributed by atoms with van der Waals surface area (Å²) in [7, 11) is 0. The molecule has 470 valence electrons. The standard InChI is InChI=1S/C58H77ClN14O14/c1-58(2,3)87-57(78)73-54(72-51(74)46-49(61)71-50(62)47(59)70-46)66-21-5-4-8-38-9-18-44(19-10-38)83-33-30-82-32-35-85-56(77)68-23-7-6-22-67-55(76)84-34-31-81-29-28-80-27-26-79-25-24-65-48(60)42-12-11-41-37-45(20-15-40(41)36-42)86-52(75)39-13-16-43(17-14-39)69-53(63)64/h9-20,36-37H,4-8,21-35H2,1-3H3,(H2,60,65)(H,67,76)(H,68,77)(H4,61,62,71)(H4,63,64,69)(H2,66,72,73,74,78). The van der Waals surface area contributed by atoms with Crippen molar-refractivity contribution in [3.05, 3.63) is 112 Å². The van der Waals surface area contributed by atoms with Crippen LogP contribution in [0, 0.1) is 10.8 Å². The lowest BCUT2D eigenvalue weighted by molar-refractivity contribution is 0.00646. The number of ether oxygens (including phenoxy) is 9. The molecule has 0 saturated heterocycles. The van der Waals surface area contributed by atoms with Gasteiger partial charge in [0.1, 0.15) is 42.8 Å². The van der Waals surface area contributed by atoms with E-state index in [-0.39, 0.29) is 73.3 Å². The quantitative estimate of drug-likeness (QED) is 0.00570. The van der Waals surface area contributed by atoms with E-state index >= 15 is 0 Å². The minimum Gasteiger partial charge on any atom is -0.491 e. The van der Waals surface area contributed by atoms with Crippen LogP contribution >= 0.6 is 11.6 Å². The molecule has 0 unspecified atom stereocenters. The van der Waals surface area contributed by atoms with Gasteiger partial charge in [0.25, 0.3) is 5.91 Å². The largest absolute Gasteiger partial charge is 0.491 e. The lowest BCUT2D eigenvalue weighted by Gasteiger charge is -2.18. The van der Waals surface area contributed by atoms with Gasteiger partial charge in [-0.1, -0.05) is 41.9 Å². The molecule has 14 N–H and O–H groups in total. The van der Waals surface area contributed by atoms with Crippen LogP contribution in [0.1, 0.15) is 78.4 Å². The van der Waals surface area contributed by atoms with E-state index < -0.39 is 35.8 Å². The number of amides is 4. The van der Waals surface area contributed by atoms with Gasteiger partial charge in [0.05, 0.1) is 58.4 Å². The normalized spacial score (nSPS) is 11.2. The molecule has 1 aromatic heterocycles. The number of esters is 1. The Hall–Kier alpha value is -9.09. The van der Waals surface area contributed by atoms with Crippen molar-refractivity contribution in [2.24, 2.45) is 10.7 Å². The third kappa shape index (κ3) is 27.7. The second-order valence-electron chi connectivity index (χ2n) is 19.7. The number of guanidine groups is 2. The van der Waals surface area contributed by atoms with E-state index in [0.29, 0.717) is 113 Å². The zero-order chi connectivity index (χ0) is 62.8. The molecular formula is C58H77ClN14O14. The first kappa shape index (κ1) is 68.7. The average molecular weight is 1230 g/mol. The fourth-order valence-electron chi connectivity index (χ4n) is 7.46. The Labute approximate surface area is 508 Å². The molecule has 0 aliphatic carbocycles. The molecular weight excluding hydrogens is 1150 g/mol. The van der Waals surface area contributed by atoms with Crippen molar-refractivity contribution in [3.63, 3.8) is 0 Å². The predicted molar refractivity (Wildman–Crippen MR) is 327 cm³/mol. The van der Waals surface area contributed by atoms with E-state index in [4.69, 9.17) is 82.3 Å². The number of alkyl carbamates (subject to hydrolysis) is 2. The summed E-state index contributed by atoms with van der Waals surface area (Å²) in [5.74, 6) is -0.800. The second kappa shape index (κ2) is 37.4. The van der Waals surface area contributed by atoms with Crippen LogP contribution in [0.5, 0.6) is 11.5 Å². The molecule has 29 heteroatoms. The fourth-order valence-corrected chi connectivity index (χ4v) is 7.59. The molecule has 5 rings (SSSR count). The maximum Gasteiger partial charge on any atom is 0.437 e. The third-order valence-electron chi connectivity index (χ3n) is 11.6. The van der Waals surface area contributed by atoms with E-state index in [0.717, 1.165) is 29.2 Å². The summed E-state index contributed by atoms with van der Waals surface area (Å²) in [4.78, 5) is 73.5. The monoisotopic (exact) mass is 1230 g/mol. The second-order valence-corrected chi connectivity index (χ2v) is 20.1. The number of hydrogen-bond acceptors (Lipinski definition) is 20. The number of aromatic nitrogens is 2. The van der Waals surface area contributed by atoms with Gasteiger partial charge in [-0.2, -0.15) is 0 Å². The van der Waals surface area contributed by atoms with Gasteiger partial charge in [-0.25, -0.2) is 29.1 Å². The number of fused-ring (bicyclic) bond motifs is 1. The molecule has 4 amide bonds. The van der Waals surface area contributed by atoms with Crippen LogP contribution in [0.25, 0.3) is 10.8 Å². The van der Waals surface area contributed by atoms with Crippen molar-refractivity contribution in [1.82, 2.24) is 36.6 Å². The van der Waals surface area contributed by atoms with Crippen LogP contribution in [0.3, 0.4) is 0 Å². The molecule has 0 radical (unpaired) electrons. The molecule has 0 fully saturated rings. The Kier molecular flexibility index (Phi) is 29.5. The number of nitrogens with two attached hydrogens (primary N) is 3. The molecule has 0 saturated carbocycles. The molecule has 87 heavy (non-hydrogen) atoms. The average Bonchev–Trinajstić information content (AvgIpc) is 3.68. The topological polar surface area (TPSA) is 404 Å². The Morgan fingerprint density at radius 1 is 0.598 bits per heavy atom. The number of carbonyl (C=O) groups excluding carboxylic acids is 5. The minimum absolute atomic E-state index is 0.0615. The number of amidine groups is 1. The van der Waals surface area contributed by atoms with Crippen molar-refractivity contribution >= 4 is 87.6 Å². The highest BCUT2D eigenvalue weighted by molar-refractivity contribution is 6.31. The van der Waals surface area contributed by atoms with Crippen LogP contribution in [0.15, 0.2) is 89.9 Å². The third-order valence-corrected chi connectivity index (χ3v) is 11.9. The van der Waals surface area contributed by atoms with Gasteiger partial charge < -0.3 is 86.4 Å². The van der Waals surface area contributed by atoms with Crippen LogP contribution in [-0.4, -0.2) is 162 Å². The van der Waals surface area contributed by atoms with Gasteiger partial charge in [-0.05, 0) is 124 Å². The first-order chi connectivity index (χ1) is 41.8. The first-order valence-electron chi connectivity index (χ1n) is 27.9. The summed E-state index contributed by atoms with van der Waals surface area (Å²) < 4.78 is 48.9. The smallest absolute Gasteiger partial charge is 0.437 e. The van der Waals surface area contributed by atoms with Gasteiger partial charge >= 0.3 is 24.2 Å². The highest BCUT2D eigenvalue weighted by Gasteiger charge is 2.21. The van der Waals surface area contributed by atoms with E-state index in [2.05, 4.69) is 46.9 Å². The Bertz CT molecular complexity index is 3080. The van der Waals surface area contributed by atoms with Crippen molar-refractivity contribution in [3.8, 4) is 11.5 Å². The van der Waals surface area contributed by atoms with Gasteiger partial charge in [0.15, 0.2) is 28.4 Å². The molecule has 4 aromatic carbocycles. The van der Waals surface area contributed by atoms with E-state index in [1.165, 1.54) is 0 Å². The van der Waals surface area contributed by atoms with Crippen LogP contribution in [0.2, 0.25) is 5.15 Å². The molecule has 0 aliphatic rings. The number of carbonyl (C=O) groups is 5. The number of anilines is 3. The van der Waals surface area contributed by atoms with Crippen molar-refractivity contribution < 1.29 is 66.6 Å². The Morgan fingerprint density at radius 3 is 1.78 bits per heavy atom. The maximum absolute atomic E-state index is 12.9. The van der Waals surface area contributed by atoms with Gasteiger partial charge in [-0.15, -0.1) is 4.99 Å². The molecule has 0 spiro atoms. The molecule has 0 aliphatic heterocycles. The van der Waals surface area contributed by atoms with Gasteiger partial charge in [0, 0.05) is 37.4 Å². The Morgan fingerprint density at radius 2 is 1.15 bits per heavy atom. The van der Waals surface area contributed by atoms with Crippen molar-refractivity contribution in [1.29, 1.82) is 10.8 Å². The number of unbranched alkanes of at least 4 members (excludes halogenated alkanes) is 2. The molecule has 0 bridgehead atoms. The van der Waals surface area contributed by atoms with Crippen LogP contribution in [0.4, 0.5) is 31.7 Å². The number of aliphatic imine (C=N–C) groups is 1.